The number of carboxylic acids is 1. The van der Waals surface area contributed by atoms with Crippen molar-refractivity contribution in [1.29, 1.82) is 0 Å². The zero-order valence-electron chi connectivity index (χ0n) is 7.36. The first-order valence-corrected chi connectivity index (χ1v) is 4.11. The molecule has 0 saturated carbocycles. The largest absolute Gasteiger partial charge is 0.479 e. The summed E-state index contributed by atoms with van der Waals surface area (Å²) in [5, 5.41) is 8.58. The number of hydrogen-bond donors (Lipinski definition) is 1. The van der Waals surface area contributed by atoms with Crippen molar-refractivity contribution in [1.82, 2.24) is 0 Å². The van der Waals surface area contributed by atoms with Crippen molar-refractivity contribution >= 4 is 11.9 Å². The average molecular weight is 188 g/mol. The van der Waals surface area contributed by atoms with Gasteiger partial charge in [-0.1, -0.05) is 0 Å². The summed E-state index contributed by atoms with van der Waals surface area (Å²) in [4.78, 5) is 20.9. The second-order valence-electron chi connectivity index (χ2n) is 2.96. The second-order valence-corrected chi connectivity index (χ2v) is 2.96. The van der Waals surface area contributed by atoms with Gasteiger partial charge in [0.15, 0.2) is 6.10 Å². The first-order valence-electron chi connectivity index (χ1n) is 4.11. The van der Waals surface area contributed by atoms with E-state index in [1.807, 2.05) is 0 Å². The zero-order valence-corrected chi connectivity index (χ0v) is 7.36. The normalized spacial score (nSPS) is 27.2. The highest BCUT2D eigenvalue weighted by molar-refractivity contribution is 5.72. The van der Waals surface area contributed by atoms with Crippen molar-refractivity contribution in [2.45, 2.75) is 32.0 Å². The molecule has 0 aromatic carbocycles. The lowest BCUT2D eigenvalue weighted by molar-refractivity contribution is -0.153. The Morgan fingerprint density at radius 1 is 1.54 bits per heavy atom. The summed E-state index contributed by atoms with van der Waals surface area (Å²) >= 11 is 0. The van der Waals surface area contributed by atoms with Crippen LogP contribution in [0.3, 0.4) is 0 Å². The predicted octanol–water partition coefficient (Wildman–Crippen LogP) is 0.182. The summed E-state index contributed by atoms with van der Waals surface area (Å²) in [7, 11) is 0. The van der Waals surface area contributed by atoms with Crippen molar-refractivity contribution in [2.24, 2.45) is 0 Å². The molecule has 2 atom stereocenters. The van der Waals surface area contributed by atoms with Crippen LogP contribution in [0, 0.1) is 0 Å². The SMILES string of the molecule is CC(=O)OCC1CCC(C(=O)O)O1. The third-order valence-electron chi connectivity index (χ3n) is 1.86. The molecule has 0 aromatic rings. The first-order chi connectivity index (χ1) is 6.09. The number of carboxylic acid groups (broad SMARTS) is 1. The van der Waals surface area contributed by atoms with Crippen LogP contribution in [0.15, 0.2) is 0 Å². The number of carbonyl (C=O) groups is 2. The van der Waals surface area contributed by atoms with Crippen LogP contribution < -0.4 is 0 Å². The van der Waals surface area contributed by atoms with Crippen molar-refractivity contribution in [3.63, 3.8) is 0 Å². The van der Waals surface area contributed by atoms with E-state index < -0.39 is 12.1 Å². The molecule has 1 rings (SSSR count). The van der Waals surface area contributed by atoms with Gasteiger partial charge in [0.1, 0.15) is 6.61 Å². The minimum absolute atomic E-state index is 0.152. The van der Waals surface area contributed by atoms with Crippen LogP contribution in [-0.4, -0.2) is 35.9 Å². The Kier molecular flexibility index (Phi) is 3.25. The lowest BCUT2D eigenvalue weighted by Crippen LogP contribution is -2.23. The Balaban J connectivity index is 2.25. The molecule has 1 saturated heterocycles. The van der Waals surface area contributed by atoms with Gasteiger partial charge in [0.05, 0.1) is 6.10 Å². The lowest BCUT2D eigenvalue weighted by atomic mass is 10.2. The Labute approximate surface area is 75.6 Å². The lowest BCUT2D eigenvalue weighted by Gasteiger charge is -2.10. The van der Waals surface area contributed by atoms with Gasteiger partial charge < -0.3 is 14.6 Å². The molecule has 0 spiro atoms. The van der Waals surface area contributed by atoms with E-state index in [1.54, 1.807) is 0 Å². The van der Waals surface area contributed by atoms with E-state index in [2.05, 4.69) is 0 Å². The number of rotatable bonds is 3. The van der Waals surface area contributed by atoms with E-state index >= 15 is 0 Å². The highest BCUT2D eigenvalue weighted by Crippen LogP contribution is 2.19. The van der Waals surface area contributed by atoms with E-state index in [-0.39, 0.29) is 18.7 Å². The smallest absolute Gasteiger partial charge is 0.332 e. The predicted molar refractivity (Wildman–Crippen MR) is 42.2 cm³/mol. The van der Waals surface area contributed by atoms with E-state index in [9.17, 15) is 9.59 Å². The fraction of sp³-hybridized carbons (Fsp3) is 0.750. The van der Waals surface area contributed by atoms with Gasteiger partial charge in [-0.3, -0.25) is 4.79 Å². The summed E-state index contributed by atoms with van der Waals surface area (Å²) < 4.78 is 9.79. The Morgan fingerprint density at radius 3 is 2.69 bits per heavy atom. The maximum Gasteiger partial charge on any atom is 0.332 e. The molecule has 1 N–H and O–H groups in total. The molecule has 1 aliphatic heterocycles. The highest BCUT2D eigenvalue weighted by Gasteiger charge is 2.30. The van der Waals surface area contributed by atoms with Gasteiger partial charge in [-0.2, -0.15) is 0 Å². The number of aliphatic carboxylic acids is 1. The molecular formula is C8H12O5. The zero-order chi connectivity index (χ0) is 9.84. The van der Waals surface area contributed by atoms with Crippen LogP contribution in [0.25, 0.3) is 0 Å². The van der Waals surface area contributed by atoms with Gasteiger partial charge in [0.25, 0.3) is 0 Å². The molecule has 0 bridgehead atoms. The summed E-state index contributed by atoms with van der Waals surface area (Å²) in [6, 6.07) is 0. The quantitative estimate of drug-likeness (QED) is 0.639. The fourth-order valence-corrected chi connectivity index (χ4v) is 1.22. The number of ether oxygens (including phenoxy) is 2. The summed E-state index contributed by atoms with van der Waals surface area (Å²) in [6.45, 7) is 1.46. The Morgan fingerprint density at radius 2 is 2.23 bits per heavy atom. The molecule has 1 aliphatic rings. The molecule has 13 heavy (non-hydrogen) atoms. The minimum Gasteiger partial charge on any atom is -0.479 e. The standard InChI is InChI=1S/C8H12O5/c1-5(9)12-4-6-2-3-7(13-6)8(10)11/h6-7H,2-4H2,1H3,(H,10,11). The topological polar surface area (TPSA) is 72.8 Å². The molecule has 1 fully saturated rings. The van der Waals surface area contributed by atoms with E-state index in [0.29, 0.717) is 12.8 Å². The molecule has 0 amide bonds. The molecule has 1 heterocycles. The summed E-state index contributed by atoms with van der Waals surface area (Å²) in [5.41, 5.74) is 0. The van der Waals surface area contributed by atoms with Crippen molar-refractivity contribution in [2.75, 3.05) is 6.61 Å². The van der Waals surface area contributed by atoms with Crippen molar-refractivity contribution in [3.8, 4) is 0 Å². The van der Waals surface area contributed by atoms with Gasteiger partial charge in [-0.25, -0.2) is 4.79 Å². The summed E-state index contributed by atoms with van der Waals surface area (Å²) in [5.74, 6) is -1.33. The van der Waals surface area contributed by atoms with E-state index in [0.717, 1.165) is 0 Å². The Hall–Kier alpha value is -1.10. The molecule has 5 nitrogen and oxygen atoms in total. The molecule has 74 valence electrons. The van der Waals surface area contributed by atoms with Gasteiger partial charge >= 0.3 is 11.9 Å². The van der Waals surface area contributed by atoms with Crippen LogP contribution >= 0.6 is 0 Å². The molecular weight excluding hydrogens is 176 g/mol. The van der Waals surface area contributed by atoms with Crippen LogP contribution in [0.2, 0.25) is 0 Å². The van der Waals surface area contributed by atoms with Crippen molar-refractivity contribution in [3.05, 3.63) is 0 Å². The van der Waals surface area contributed by atoms with Crippen molar-refractivity contribution < 1.29 is 24.2 Å². The van der Waals surface area contributed by atoms with Crippen LogP contribution in [0.1, 0.15) is 19.8 Å². The van der Waals surface area contributed by atoms with E-state index in [4.69, 9.17) is 14.6 Å². The highest BCUT2D eigenvalue weighted by atomic mass is 16.6. The molecule has 2 unspecified atom stereocenters. The molecule has 5 heteroatoms. The third-order valence-corrected chi connectivity index (χ3v) is 1.86. The van der Waals surface area contributed by atoms with E-state index in [1.165, 1.54) is 6.92 Å². The van der Waals surface area contributed by atoms with Gasteiger partial charge in [-0.15, -0.1) is 0 Å². The number of hydrogen-bond acceptors (Lipinski definition) is 4. The maximum atomic E-state index is 10.5. The first kappa shape index (κ1) is 9.98. The second kappa shape index (κ2) is 4.23. The average Bonchev–Trinajstić information content (AvgIpc) is 2.48. The molecule has 0 radical (unpaired) electrons. The molecule has 0 aromatic heterocycles. The fourth-order valence-electron chi connectivity index (χ4n) is 1.22. The van der Waals surface area contributed by atoms with Gasteiger partial charge in [0.2, 0.25) is 0 Å². The number of esters is 1. The van der Waals surface area contributed by atoms with Crippen LogP contribution in [0.5, 0.6) is 0 Å². The van der Waals surface area contributed by atoms with Gasteiger partial charge in [0, 0.05) is 6.92 Å². The minimum atomic E-state index is -0.953. The monoisotopic (exact) mass is 188 g/mol. The summed E-state index contributed by atoms with van der Waals surface area (Å²) in [6.07, 6.45) is 0.122. The maximum absolute atomic E-state index is 10.5. The molecule has 0 aliphatic carbocycles. The third kappa shape index (κ3) is 3.02. The Bertz CT molecular complexity index is 213. The number of carbonyl (C=O) groups excluding carboxylic acids is 1. The van der Waals surface area contributed by atoms with Crippen LogP contribution in [-0.2, 0) is 19.1 Å². The van der Waals surface area contributed by atoms with Crippen LogP contribution in [0.4, 0.5) is 0 Å². The van der Waals surface area contributed by atoms with Gasteiger partial charge in [-0.05, 0) is 12.8 Å².